The number of aryl methyl sites for hydroxylation is 1. The maximum absolute atomic E-state index is 5.89. The van der Waals surface area contributed by atoms with Gasteiger partial charge in [0.2, 0.25) is 0 Å². The third-order valence-corrected chi connectivity index (χ3v) is 3.13. The minimum Gasteiger partial charge on any atom is -0.482 e. The Kier molecular flexibility index (Phi) is 9.36. The van der Waals surface area contributed by atoms with Crippen molar-refractivity contribution in [3.63, 3.8) is 0 Å². The maximum atomic E-state index is 5.89. The smallest absolute Gasteiger partial charge is 0.179 e. The topological polar surface area (TPSA) is 58.9 Å². The molecular weight excluding hydrogens is 288 g/mol. The molecule has 0 aliphatic heterocycles. The molecule has 5 heteroatoms. The van der Waals surface area contributed by atoms with Crippen LogP contribution in [0, 0.1) is 6.92 Å². The van der Waals surface area contributed by atoms with Gasteiger partial charge in [-0.1, -0.05) is 25.8 Å². The molecule has 1 aromatic heterocycles. The number of nitrogens with zero attached hydrogens (tertiary/aromatic N) is 3. The van der Waals surface area contributed by atoms with E-state index in [4.69, 9.17) is 4.74 Å². The van der Waals surface area contributed by atoms with Gasteiger partial charge in [-0.25, -0.2) is 4.99 Å². The first-order chi connectivity index (χ1) is 11.2. The summed E-state index contributed by atoms with van der Waals surface area (Å²) in [5.41, 5.74) is 1.86. The normalized spacial score (nSPS) is 12.7. The van der Waals surface area contributed by atoms with Crippen LogP contribution in [0.3, 0.4) is 0 Å². The highest BCUT2D eigenvalue weighted by molar-refractivity contribution is 5.77. The van der Waals surface area contributed by atoms with Crippen molar-refractivity contribution in [3.05, 3.63) is 41.2 Å². The predicted octanol–water partition coefficient (Wildman–Crippen LogP) is 3.65. The van der Waals surface area contributed by atoms with E-state index < -0.39 is 0 Å². The van der Waals surface area contributed by atoms with Crippen molar-refractivity contribution in [3.8, 4) is 0 Å². The highest BCUT2D eigenvalue weighted by Gasteiger charge is 2.06. The molecule has 1 N–H and O–H groups in total. The van der Waals surface area contributed by atoms with Gasteiger partial charge in [0.15, 0.2) is 11.6 Å². The minimum atomic E-state index is 0.391. The lowest BCUT2D eigenvalue weighted by Crippen LogP contribution is -2.17. The van der Waals surface area contributed by atoms with Gasteiger partial charge < -0.3 is 10.1 Å². The molecule has 0 aromatic carbocycles. The number of aromatic nitrogens is 1. The Labute approximate surface area is 139 Å². The van der Waals surface area contributed by atoms with Crippen LogP contribution in [-0.4, -0.2) is 31.0 Å². The van der Waals surface area contributed by atoms with Gasteiger partial charge in [0, 0.05) is 25.5 Å². The summed E-state index contributed by atoms with van der Waals surface area (Å²) in [6, 6.07) is 5.90. The Morgan fingerprint density at radius 1 is 1.35 bits per heavy atom. The summed E-state index contributed by atoms with van der Waals surface area (Å²) in [6.07, 6.45) is 6.93. The second-order valence-electron chi connectivity index (χ2n) is 5.18. The standard InChI is InChI=1S/C18H28N4O/c1-5-7-8-12-21-18(20-6-2)17(13-19-4)23-14-16-11-9-10-15(3)22-16/h6,9-11,13,21H,5,7-8,12,14H2,1-4H3/b18-17-,19-13?,20-6?. The largest absolute Gasteiger partial charge is 0.482 e. The van der Waals surface area contributed by atoms with E-state index in [1.807, 2.05) is 32.0 Å². The molecule has 0 saturated heterocycles. The molecule has 1 aromatic rings. The first kappa shape index (κ1) is 18.9. The fourth-order valence-electron chi connectivity index (χ4n) is 2.02. The lowest BCUT2D eigenvalue weighted by Gasteiger charge is -2.12. The molecule has 1 rings (SSSR count). The predicted molar refractivity (Wildman–Crippen MR) is 96.9 cm³/mol. The Hall–Kier alpha value is -2.17. The molecule has 0 unspecified atom stereocenters. The van der Waals surface area contributed by atoms with Crippen LogP contribution in [-0.2, 0) is 11.3 Å². The van der Waals surface area contributed by atoms with Gasteiger partial charge >= 0.3 is 0 Å². The fourth-order valence-corrected chi connectivity index (χ4v) is 2.02. The van der Waals surface area contributed by atoms with E-state index in [1.54, 1.807) is 19.5 Å². The van der Waals surface area contributed by atoms with Crippen LogP contribution < -0.4 is 5.32 Å². The molecule has 0 aliphatic carbocycles. The van der Waals surface area contributed by atoms with Crippen LogP contribution in [0.4, 0.5) is 0 Å². The van der Waals surface area contributed by atoms with Crippen molar-refractivity contribution >= 4 is 12.4 Å². The number of hydrogen-bond donors (Lipinski definition) is 1. The number of ether oxygens (including phenoxy) is 1. The van der Waals surface area contributed by atoms with Crippen LogP contribution >= 0.6 is 0 Å². The first-order valence-electron chi connectivity index (χ1n) is 8.15. The second kappa shape index (κ2) is 11.4. The number of allylic oxidation sites excluding steroid dienone is 1. The van der Waals surface area contributed by atoms with Gasteiger partial charge in [0.1, 0.15) is 6.61 Å². The minimum absolute atomic E-state index is 0.391. The Morgan fingerprint density at radius 2 is 2.17 bits per heavy atom. The average molecular weight is 316 g/mol. The Bertz CT molecular complexity index is 550. The zero-order chi connectivity index (χ0) is 16.9. The summed E-state index contributed by atoms with van der Waals surface area (Å²) in [7, 11) is 1.72. The summed E-state index contributed by atoms with van der Waals surface area (Å²) in [5, 5.41) is 3.33. The van der Waals surface area contributed by atoms with Gasteiger partial charge in [-0.2, -0.15) is 0 Å². The molecule has 0 radical (unpaired) electrons. The highest BCUT2D eigenvalue weighted by Crippen LogP contribution is 2.08. The van der Waals surface area contributed by atoms with Gasteiger partial charge in [-0.15, -0.1) is 0 Å². The van der Waals surface area contributed by atoms with Crippen molar-refractivity contribution in [2.75, 3.05) is 13.6 Å². The quantitative estimate of drug-likeness (QED) is 0.407. The molecule has 0 amide bonds. The van der Waals surface area contributed by atoms with Crippen molar-refractivity contribution < 1.29 is 4.74 Å². The monoisotopic (exact) mass is 316 g/mol. The molecule has 0 saturated carbocycles. The maximum Gasteiger partial charge on any atom is 0.179 e. The highest BCUT2D eigenvalue weighted by atomic mass is 16.5. The molecular formula is C18H28N4O. The summed E-state index contributed by atoms with van der Waals surface area (Å²) < 4.78 is 5.89. The number of pyridine rings is 1. The van der Waals surface area contributed by atoms with Gasteiger partial charge in [-0.05, 0) is 32.4 Å². The molecule has 0 fully saturated rings. The number of aliphatic imine (C=N–C) groups is 2. The van der Waals surface area contributed by atoms with E-state index in [1.165, 1.54) is 12.8 Å². The van der Waals surface area contributed by atoms with E-state index in [-0.39, 0.29) is 0 Å². The second-order valence-corrected chi connectivity index (χ2v) is 5.18. The van der Waals surface area contributed by atoms with E-state index in [0.717, 1.165) is 24.4 Å². The van der Waals surface area contributed by atoms with E-state index >= 15 is 0 Å². The molecule has 0 atom stereocenters. The van der Waals surface area contributed by atoms with Gasteiger partial charge in [0.05, 0.1) is 11.9 Å². The third kappa shape index (κ3) is 7.58. The zero-order valence-electron chi connectivity index (χ0n) is 14.7. The fraction of sp³-hybridized carbons (Fsp3) is 0.500. The number of rotatable bonds is 10. The van der Waals surface area contributed by atoms with E-state index in [2.05, 4.69) is 27.2 Å². The number of hydrogen-bond acceptors (Lipinski definition) is 5. The van der Waals surface area contributed by atoms with E-state index in [9.17, 15) is 0 Å². The van der Waals surface area contributed by atoms with Crippen molar-refractivity contribution in [2.45, 2.75) is 46.6 Å². The van der Waals surface area contributed by atoms with Crippen molar-refractivity contribution in [1.29, 1.82) is 0 Å². The van der Waals surface area contributed by atoms with Crippen molar-refractivity contribution in [1.82, 2.24) is 10.3 Å². The zero-order valence-corrected chi connectivity index (χ0v) is 14.7. The molecule has 0 bridgehead atoms. The molecule has 23 heavy (non-hydrogen) atoms. The lowest BCUT2D eigenvalue weighted by atomic mass is 10.2. The molecule has 0 spiro atoms. The SMILES string of the molecule is CC=N/C(NCCCCC)=C(\C=NC)OCc1cccc(C)n1. The lowest BCUT2D eigenvalue weighted by molar-refractivity contribution is 0.210. The Morgan fingerprint density at radius 3 is 2.83 bits per heavy atom. The molecule has 5 nitrogen and oxygen atoms in total. The molecule has 126 valence electrons. The summed E-state index contributed by atoms with van der Waals surface area (Å²) in [4.78, 5) is 12.9. The van der Waals surface area contributed by atoms with Gasteiger partial charge in [-0.3, -0.25) is 9.98 Å². The summed E-state index contributed by atoms with van der Waals surface area (Å²) in [5.74, 6) is 1.34. The van der Waals surface area contributed by atoms with Crippen LogP contribution in [0.1, 0.15) is 44.5 Å². The molecule has 0 aliphatic rings. The van der Waals surface area contributed by atoms with Crippen molar-refractivity contribution in [2.24, 2.45) is 9.98 Å². The summed E-state index contributed by atoms with van der Waals surface area (Å²) in [6.45, 7) is 7.30. The number of unbranched alkanes of at least 4 members (excludes halogenated alkanes) is 2. The van der Waals surface area contributed by atoms with Crippen LogP contribution in [0.2, 0.25) is 0 Å². The molecule has 1 heterocycles. The third-order valence-electron chi connectivity index (χ3n) is 3.13. The Balaban J connectivity index is 2.80. The number of nitrogens with one attached hydrogen (secondary N) is 1. The van der Waals surface area contributed by atoms with Crippen LogP contribution in [0.25, 0.3) is 0 Å². The van der Waals surface area contributed by atoms with Crippen LogP contribution in [0.5, 0.6) is 0 Å². The first-order valence-corrected chi connectivity index (χ1v) is 8.15. The van der Waals surface area contributed by atoms with Crippen LogP contribution in [0.15, 0.2) is 39.8 Å². The average Bonchev–Trinajstić information content (AvgIpc) is 2.54. The van der Waals surface area contributed by atoms with E-state index in [0.29, 0.717) is 18.2 Å². The summed E-state index contributed by atoms with van der Waals surface area (Å²) >= 11 is 0. The van der Waals surface area contributed by atoms with Gasteiger partial charge in [0.25, 0.3) is 0 Å².